The summed E-state index contributed by atoms with van der Waals surface area (Å²) in [6.45, 7) is 3.07. The third kappa shape index (κ3) is 6.89. The highest BCUT2D eigenvalue weighted by atomic mass is 32.2. The van der Waals surface area contributed by atoms with E-state index in [1.807, 2.05) is 25.1 Å². The van der Waals surface area contributed by atoms with E-state index in [1.165, 1.54) is 5.56 Å². The van der Waals surface area contributed by atoms with Crippen LogP contribution in [0.4, 0.5) is 0 Å². The second-order valence-corrected chi connectivity index (χ2v) is 6.32. The number of hydrogen-bond acceptors (Lipinski definition) is 4. The third-order valence-corrected chi connectivity index (χ3v) is 4.31. The van der Waals surface area contributed by atoms with Crippen LogP contribution in [-0.2, 0) is 5.75 Å². The number of carbonyl (C=O) groups excluding carboxylic acids is 1. The first kappa shape index (κ1) is 18.9. The van der Waals surface area contributed by atoms with Gasteiger partial charge in [-0.1, -0.05) is 30.3 Å². The SMILES string of the molecule is CCOc1ccc(C(=O)NC(N)=NCCSCc2ccccc2)cc1. The Morgan fingerprint density at radius 2 is 1.88 bits per heavy atom. The van der Waals surface area contributed by atoms with E-state index in [0.717, 1.165) is 17.3 Å². The van der Waals surface area contributed by atoms with E-state index in [-0.39, 0.29) is 11.9 Å². The molecule has 25 heavy (non-hydrogen) atoms. The average molecular weight is 357 g/mol. The quantitative estimate of drug-likeness (QED) is 0.432. The van der Waals surface area contributed by atoms with Gasteiger partial charge in [0, 0.05) is 17.1 Å². The third-order valence-electron chi connectivity index (χ3n) is 3.30. The molecule has 1 amide bonds. The smallest absolute Gasteiger partial charge is 0.257 e. The summed E-state index contributed by atoms with van der Waals surface area (Å²) in [7, 11) is 0. The number of hydrogen-bond donors (Lipinski definition) is 2. The van der Waals surface area contributed by atoms with E-state index in [2.05, 4.69) is 22.4 Å². The van der Waals surface area contributed by atoms with E-state index < -0.39 is 0 Å². The average Bonchev–Trinajstić information content (AvgIpc) is 2.63. The molecule has 0 atom stereocenters. The Kier molecular flexibility index (Phi) is 7.85. The van der Waals surface area contributed by atoms with Crippen LogP contribution < -0.4 is 15.8 Å². The van der Waals surface area contributed by atoms with E-state index in [0.29, 0.717) is 18.7 Å². The Hall–Kier alpha value is -2.47. The molecule has 0 unspecified atom stereocenters. The van der Waals surface area contributed by atoms with E-state index in [1.54, 1.807) is 36.0 Å². The normalized spacial score (nSPS) is 11.2. The monoisotopic (exact) mass is 357 g/mol. The molecule has 0 fully saturated rings. The minimum absolute atomic E-state index is 0.138. The number of guanidine groups is 1. The van der Waals surface area contributed by atoms with Gasteiger partial charge in [-0.05, 0) is 36.8 Å². The van der Waals surface area contributed by atoms with Crippen LogP contribution in [0, 0.1) is 0 Å². The number of nitrogens with one attached hydrogen (secondary N) is 1. The van der Waals surface area contributed by atoms with Gasteiger partial charge in [0.15, 0.2) is 5.96 Å². The van der Waals surface area contributed by atoms with Crippen molar-refractivity contribution in [2.45, 2.75) is 12.7 Å². The van der Waals surface area contributed by atoms with Crippen molar-refractivity contribution in [2.75, 3.05) is 18.9 Å². The fraction of sp³-hybridized carbons (Fsp3) is 0.263. The maximum absolute atomic E-state index is 12.1. The minimum Gasteiger partial charge on any atom is -0.494 e. The molecule has 0 radical (unpaired) electrons. The first-order valence-corrected chi connectivity index (χ1v) is 9.30. The number of ether oxygens (including phenoxy) is 1. The fourth-order valence-electron chi connectivity index (χ4n) is 2.09. The highest BCUT2D eigenvalue weighted by molar-refractivity contribution is 7.98. The Morgan fingerprint density at radius 3 is 2.56 bits per heavy atom. The summed E-state index contributed by atoms with van der Waals surface area (Å²) in [5.41, 5.74) is 7.57. The van der Waals surface area contributed by atoms with Crippen molar-refractivity contribution in [3.63, 3.8) is 0 Å². The molecule has 0 bridgehead atoms. The summed E-state index contributed by atoms with van der Waals surface area (Å²) in [5, 5.41) is 2.60. The molecule has 0 aliphatic heterocycles. The van der Waals surface area contributed by atoms with Crippen molar-refractivity contribution < 1.29 is 9.53 Å². The molecular weight excluding hydrogens is 334 g/mol. The fourth-order valence-corrected chi connectivity index (χ4v) is 2.88. The van der Waals surface area contributed by atoms with Crippen LogP contribution >= 0.6 is 11.8 Å². The Bertz CT molecular complexity index is 688. The van der Waals surface area contributed by atoms with Crippen LogP contribution in [0.3, 0.4) is 0 Å². The number of nitrogens with zero attached hydrogens (tertiary/aromatic N) is 1. The van der Waals surface area contributed by atoms with Gasteiger partial charge in [0.25, 0.3) is 5.91 Å². The van der Waals surface area contributed by atoms with Gasteiger partial charge in [-0.25, -0.2) is 0 Å². The number of benzene rings is 2. The molecule has 0 aromatic heterocycles. The summed E-state index contributed by atoms with van der Waals surface area (Å²) in [5.74, 6) is 2.38. The first-order chi connectivity index (χ1) is 12.2. The predicted molar refractivity (Wildman–Crippen MR) is 104 cm³/mol. The Morgan fingerprint density at radius 1 is 1.16 bits per heavy atom. The number of thioether (sulfide) groups is 1. The lowest BCUT2D eigenvalue weighted by Crippen LogP contribution is -2.37. The molecule has 6 heteroatoms. The maximum atomic E-state index is 12.1. The molecule has 0 heterocycles. The van der Waals surface area contributed by atoms with Crippen molar-refractivity contribution >= 4 is 23.6 Å². The van der Waals surface area contributed by atoms with E-state index in [4.69, 9.17) is 10.5 Å². The van der Waals surface area contributed by atoms with Crippen molar-refractivity contribution in [3.05, 3.63) is 65.7 Å². The second-order valence-electron chi connectivity index (χ2n) is 5.22. The summed E-state index contributed by atoms with van der Waals surface area (Å²) < 4.78 is 5.35. The molecule has 0 saturated heterocycles. The molecule has 5 nitrogen and oxygen atoms in total. The van der Waals surface area contributed by atoms with Gasteiger partial charge in [0.1, 0.15) is 5.75 Å². The van der Waals surface area contributed by atoms with Crippen molar-refractivity contribution in [1.82, 2.24) is 5.32 Å². The topological polar surface area (TPSA) is 76.7 Å². The van der Waals surface area contributed by atoms with Crippen LogP contribution in [0.2, 0.25) is 0 Å². The van der Waals surface area contributed by atoms with Crippen LogP contribution in [0.5, 0.6) is 5.75 Å². The second kappa shape index (κ2) is 10.4. The molecule has 2 rings (SSSR count). The number of nitrogens with two attached hydrogens (primary N) is 1. The number of aliphatic imine (C=N–C) groups is 1. The molecule has 0 saturated carbocycles. The maximum Gasteiger partial charge on any atom is 0.257 e. The minimum atomic E-state index is -0.277. The summed E-state index contributed by atoms with van der Waals surface area (Å²) in [4.78, 5) is 16.3. The molecular formula is C19H23N3O2S. The Balaban J connectivity index is 1.71. The van der Waals surface area contributed by atoms with E-state index >= 15 is 0 Å². The summed E-state index contributed by atoms with van der Waals surface area (Å²) in [6, 6.07) is 17.2. The zero-order valence-electron chi connectivity index (χ0n) is 14.3. The molecule has 2 aromatic carbocycles. The van der Waals surface area contributed by atoms with Crippen molar-refractivity contribution in [2.24, 2.45) is 10.7 Å². The van der Waals surface area contributed by atoms with Crippen LogP contribution in [-0.4, -0.2) is 30.8 Å². The van der Waals surface area contributed by atoms with Crippen LogP contribution in [0.1, 0.15) is 22.8 Å². The van der Waals surface area contributed by atoms with Crippen molar-refractivity contribution in [1.29, 1.82) is 0 Å². The van der Waals surface area contributed by atoms with Crippen LogP contribution in [0.15, 0.2) is 59.6 Å². The molecule has 132 valence electrons. The summed E-state index contributed by atoms with van der Waals surface area (Å²) in [6.07, 6.45) is 0. The highest BCUT2D eigenvalue weighted by Crippen LogP contribution is 2.12. The largest absolute Gasteiger partial charge is 0.494 e. The number of rotatable bonds is 8. The van der Waals surface area contributed by atoms with Crippen molar-refractivity contribution in [3.8, 4) is 5.75 Å². The Labute approximate surface area is 152 Å². The van der Waals surface area contributed by atoms with Crippen LogP contribution in [0.25, 0.3) is 0 Å². The van der Waals surface area contributed by atoms with Gasteiger partial charge < -0.3 is 10.5 Å². The van der Waals surface area contributed by atoms with Gasteiger partial charge in [0.2, 0.25) is 0 Å². The number of carbonyl (C=O) groups is 1. The molecule has 2 aromatic rings. The van der Waals surface area contributed by atoms with Gasteiger partial charge in [-0.3, -0.25) is 15.1 Å². The zero-order valence-corrected chi connectivity index (χ0v) is 15.1. The predicted octanol–water partition coefficient (Wildman–Crippen LogP) is 3.06. The molecule has 0 spiro atoms. The molecule has 3 N–H and O–H groups in total. The van der Waals surface area contributed by atoms with Gasteiger partial charge in [0.05, 0.1) is 13.2 Å². The van der Waals surface area contributed by atoms with E-state index in [9.17, 15) is 4.79 Å². The summed E-state index contributed by atoms with van der Waals surface area (Å²) >= 11 is 1.78. The zero-order chi connectivity index (χ0) is 17.9. The first-order valence-electron chi connectivity index (χ1n) is 8.15. The highest BCUT2D eigenvalue weighted by Gasteiger charge is 2.06. The standard InChI is InChI=1S/C19H23N3O2S/c1-2-24-17-10-8-16(9-11-17)18(23)22-19(20)21-12-13-25-14-15-6-4-3-5-7-15/h3-11H,2,12-14H2,1H3,(H3,20,21,22,23). The lowest BCUT2D eigenvalue weighted by molar-refractivity contribution is 0.0976. The number of amides is 1. The van der Waals surface area contributed by atoms with Gasteiger partial charge >= 0.3 is 0 Å². The van der Waals surface area contributed by atoms with Gasteiger partial charge in [-0.15, -0.1) is 0 Å². The van der Waals surface area contributed by atoms with Gasteiger partial charge in [-0.2, -0.15) is 11.8 Å². The molecule has 0 aliphatic carbocycles. The molecule has 0 aliphatic rings. The lowest BCUT2D eigenvalue weighted by atomic mass is 10.2. The lowest BCUT2D eigenvalue weighted by Gasteiger charge is -2.06.